The second-order valence-corrected chi connectivity index (χ2v) is 6.83. The quantitative estimate of drug-likeness (QED) is 0.662. The highest BCUT2D eigenvalue weighted by molar-refractivity contribution is 6.30. The minimum atomic E-state index is -0.575. The Hall–Kier alpha value is -2.80. The predicted octanol–water partition coefficient (Wildman–Crippen LogP) is 4.50. The van der Waals surface area contributed by atoms with Gasteiger partial charge in [0.2, 0.25) is 17.6 Å². The largest absolute Gasteiger partial charge is 0.339 e. The topological polar surface area (TPSA) is 59.2 Å². The first-order valence-corrected chi connectivity index (χ1v) is 8.65. The van der Waals surface area contributed by atoms with Crippen LogP contribution in [0.2, 0.25) is 5.02 Å². The molecular formula is C19H14ClF2N3O2. The van der Waals surface area contributed by atoms with E-state index in [0.717, 1.165) is 0 Å². The summed E-state index contributed by atoms with van der Waals surface area (Å²) in [6.45, 7) is 1.99. The number of carbonyl (C=O) groups is 1. The fraction of sp³-hybridized carbons (Fsp3) is 0.211. The summed E-state index contributed by atoms with van der Waals surface area (Å²) in [5.74, 6) is -0.767. The smallest absolute Gasteiger partial charge is 0.232 e. The second kappa shape index (κ2) is 6.74. The highest BCUT2D eigenvalue weighted by Crippen LogP contribution is 2.33. The summed E-state index contributed by atoms with van der Waals surface area (Å²) in [4.78, 5) is 18.3. The Kier molecular flexibility index (Phi) is 4.39. The van der Waals surface area contributed by atoms with Crippen LogP contribution in [0.1, 0.15) is 23.8 Å². The number of halogens is 3. The Morgan fingerprint density at radius 1 is 1.19 bits per heavy atom. The van der Waals surface area contributed by atoms with Crippen LogP contribution in [0, 0.1) is 18.6 Å². The number of anilines is 1. The Balaban J connectivity index is 1.56. The van der Waals surface area contributed by atoms with Crippen molar-refractivity contribution in [2.45, 2.75) is 19.3 Å². The highest BCUT2D eigenvalue weighted by Gasteiger charge is 2.35. The molecule has 8 heteroatoms. The van der Waals surface area contributed by atoms with Crippen molar-refractivity contribution in [3.8, 4) is 11.4 Å². The van der Waals surface area contributed by atoms with Gasteiger partial charge in [-0.25, -0.2) is 8.78 Å². The molecule has 0 saturated carbocycles. The zero-order valence-corrected chi connectivity index (χ0v) is 15.0. The molecule has 1 aliphatic rings. The average Bonchev–Trinajstić information content (AvgIpc) is 3.27. The molecule has 1 unspecified atom stereocenters. The molecule has 0 bridgehead atoms. The Bertz CT molecular complexity index is 1040. The van der Waals surface area contributed by atoms with E-state index in [1.807, 2.05) is 0 Å². The second-order valence-electron chi connectivity index (χ2n) is 6.42. The fourth-order valence-electron chi connectivity index (χ4n) is 3.07. The number of hydrogen-bond acceptors (Lipinski definition) is 4. The summed E-state index contributed by atoms with van der Waals surface area (Å²) in [6.07, 6.45) is 0.201. The van der Waals surface area contributed by atoms with Crippen molar-refractivity contribution in [1.29, 1.82) is 0 Å². The van der Waals surface area contributed by atoms with Crippen LogP contribution >= 0.6 is 11.6 Å². The number of benzene rings is 2. The molecule has 5 nitrogen and oxygen atoms in total. The lowest BCUT2D eigenvalue weighted by Gasteiger charge is -2.16. The lowest BCUT2D eigenvalue weighted by molar-refractivity contribution is -0.117. The van der Waals surface area contributed by atoms with E-state index in [-0.39, 0.29) is 34.9 Å². The number of nitrogens with zero attached hydrogens (tertiary/aromatic N) is 3. The van der Waals surface area contributed by atoms with Crippen LogP contribution in [0.4, 0.5) is 14.5 Å². The molecule has 3 aromatic rings. The van der Waals surface area contributed by atoms with Gasteiger partial charge in [0.05, 0.1) is 10.9 Å². The summed E-state index contributed by atoms with van der Waals surface area (Å²) >= 11 is 5.68. The molecule has 0 N–H and O–H groups in total. The van der Waals surface area contributed by atoms with E-state index in [1.54, 1.807) is 30.0 Å². The van der Waals surface area contributed by atoms with Gasteiger partial charge in [-0.2, -0.15) is 4.98 Å². The predicted molar refractivity (Wildman–Crippen MR) is 95.6 cm³/mol. The van der Waals surface area contributed by atoms with Crippen molar-refractivity contribution in [1.82, 2.24) is 10.1 Å². The minimum absolute atomic E-state index is 0.00842. The van der Waals surface area contributed by atoms with E-state index < -0.39 is 5.82 Å². The molecule has 138 valence electrons. The van der Waals surface area contributed by atoms with Crippen molar-refractivity contribution < 1.29 is 18.1 Å². The van der Waals surface area contributed by atoms with Gasteiger partial charge < -0.3 is 9.42 Å². The average molecular weight is 390 g/mol. The van der Waals surface area contributed by atoms with Crippen molar-refractivity contribution in [3.63, 3.8) is 0 Å². The Labute approximate surface area is 158 Å². The molecule has 2 aromatic carbocycles. The third-order valence-electron chi connectivity index (χ3n) is 4.55. The maximum absolute atomic E-state index is 13.6. The molecule has 1 aromatic heterocycles. The van der Waals surface area contributed by atoms with Crippen molar-refractivity contribution in [2.75, 3.05) is 11.4 Å². The van der Waals surface area contributed by atoms with Crippen LogP contribution in [0.25, 0.3) is 11.4 Å². The minimum Gasteiger partial charge on any atom is -0.339 e. The SMILES string of the molecule is Cc1cc(N2CC(c3nc(-c4ccc(Cl)c(F)c4)no3)CC2=O)ccc1F. The van der Waals surface area contributed by atoms with Gasteiger partial charge in [0.15, 0.2) is 0 Å². The van der Waals surface area contributed by atoms with Gasteiger partial charge in [-0.1, -0.05) is 16.8 Å². The summed E-state index contributed by atoms with van der Waals surface area (Å²) in [6, 6.07) is 8.77. The van der Waals surface area contributed by atoms with Gasteiger partial charge >= 0.3 is 0 Å². The number of amides is 1. The van der Waals surface area contributed by atoms with E-state index in [0.29, 0.717) is 29.2 Å². The molecule has 0 radical (unpaired) electrons. The van der Waals surface area contributed by atoms with Gasteiger partial charge in [0.1, 0.15) is 11.6 Å². The Morgan fingerprint density at radius 3 is 2.74 bits per heavy atom. The van der Waals surface area contributed by atoms with Crippen molar-refractivity contribution in [3.05, 3.63) is 64.5 Å². The summed E-state index contributed by atoms with van der Waals surface area (Å²) in [5.41, 5.74) is 1.52. The van der Waals surface area contributed by atoms with Gasteiger partial charge in [-0.15, -0.1) is 0 Å². The monoisotopic (exact) mass is 389 g/mol. The van der Waals surface area contributed by atoms with Crippen LogP contribution in [0.3, 0.4) is 0 Å². The molecule has 1 amide bonds. The van der Waals surface area contributed by atoms with Crippen molar-refractivity contribution in [2.24, 2.45) is 0 Å². The number of aromatic nitrogens is 2. The van der Waals surface area contributed by atoms with Crippen LogP contribution in [0.15, 0.2) is 40.9 Å². The summed E-state index contributed by atoms with van der Waals surface area (Å²) < 4.78 is 32.4. The van der Waals surface area contributed by atoms with E-state index in [9.17, 15) is 13.6 Å². The lowest BCUT2D eigenvalue weighted by atomic mass is 10.1. The standard InChI is InChI=1S/C19H14ClF2N3O2/c1-10-6-13(3-5-15(10)21)25-9-12(8-17(25)26)19-23-18(24-27-19)11-2-4-14(20)16(22)7-11/h2-7,12H,8-9H2,1H3. The van der Waals surface area contributed by atoms with Gasteiger partial charge in [-0.3, -0.25) is 4.79 Å². The lowest BCUT2D eigenvalue weighted by Crippen LogP contribution is -2.24. The molecule has 1 aliphatic heterocycles. The van der Waals surface area contributed by atoms with Crippen molar-refractivity contribution >= 4 is 23.2 Å². The third kappa shape index (κ3) is 3.30. The summed E-state index contributed by atoms with van der Waals surface area (Å²) in [5, 5.41) is 3.88. The third-order valence-corrected chi connectivity index (χ3v) is 4.85. The van der Waals surface area contributed by atoms with Gasteiger partial charge in [-0.05, 0) is 48.9 Å². The molecular weight excluding hydrogens is 376 g/mol. The molecule has 27 heavy (non-hydrogen) atoms. The fourth-order valence-corrected chi connectivity index (χ4v) is 3.19. The first-order chi connectivity index (χ1) is 12.9. The van der Waals surface area contributed by atoms with Crippen LogP contribution in [0.5, 0.6) is 0 Å². The zero-order chi connectivity index (χ0) is 19.1. The highest BCUT2D eigenvalue weighted by atomic mass is 35.5. The number of carbonyl (C=O) groups excluding carboxylic acids is 1. The van der Waals surface area contributed by atoms with Gasteiger partial charge in [0.25, 0.3) is 0 Å². The van der Waals surface area contributed by atoms with Crippen LogP contribution < -0.4 is 4.90 Å². The van der Waals surface area contributed by atoms with E-state index >= 15 is 0 Å². The molecule has 4 rings (SSSR count). The Morgan fingerprint density at radius 2 is 2.00 bits per heavy atom. The molecule has 2 heterocycles. The zero-order valence-electron chi connectivity index (χ0n) is 14.2. The first-order valence-electron chi connectivity index (χ1n) is 8.28. The van der Waals surface area contributed by atoms with Crippen LogP contribution in [-0.4, -0.2) is 22.6 Å². The first kappa shape index (κ1) is 17.6. The molecule has 0 spiro atoms. The van der Waals surface area contributed by atoms with E-state index in [2.05, 4.69) is 10.1 Å². The maximum Gasteiger partial charge on any atom is 0.232 e. The molecule has 1 saturated heterocycles. The maximum atomic E-state index is 13.6. The number of rotatable bonds is 3. The van der Waals surface area contributed by atoms with Crippen LogP contribution in [-0.2, 0) is 4.79 Å². The normalized spacial score (nSPS) is 17.0. The van der Waals surface area contributed by atoms with E-state index in [1.165, 1.54) is 18.2 Å². The molecule has 1 fully saturated rings. The number of aryl methyl sites for hydroxylation is 1. The summed E-state index contributed by atoms with van der Waals surface area (Å²) in [7, 11) is 0. The van der Waals surface area contributed by atoms with E-state index in [4.69, 9.17) is 16.1 Å². The molecule has 1 atom stereocenters. The molecule has 0 aliphatic carbocycles. The van der Waals surface area contributed by atoms with Gasteiger partial charge in [0, 0.05) is 24.2 Å². The number of hydrogen-bond donors (Lipinski definition) is 0.